The summed E-state index contributed by atoms with van der Waals surface area (Å²) in [4.78, 5) is 12.2. The van der Waals surface area contributed by atoms with Gasteiger partial charge in [0, 0.05) is 5.56 Å². The highest BCUT2D eigenvalue weighted by molar-refractivity contribution is 6.14. The van der Waals surface area contributed by atoms with E-state index in [0.717, 1.165) is 0 Å². The monoisotopic (exact) mass is 281 g/mol. The molecule has 21 heavy (non-hydrogen) atoms. The second-order valence-corrected chi connectivity index (χ2v) is 4.22. The van der Waals surface area contributed by atoms with E-state index in [2.05, 4.69) is 0 Å². The van der Waals surface area contributed by atoms with E-state index in [4.69, 9.17) is 4.74 Å². The first kappa shape index (κ1) is 14.5. The summed E-state index contributed by atoms with van der Waals surface area (Å²) in [5, 5.41) is 9.17. The van der Waals surface area contributed by atoms with Gasteiger partial charge < -0.3 is 4.74 Å². The van der Waals surface area contributed by atoms with E-state index in [1.54, 1.807) is 30.3 Å². The van der Waals surface area contributed by atoms with Crippen molar-refractivity contribution < 1.29 is 13.9 Å². The van der Waals surface area contributed by atoms with Gasteiger partial charge in [0.2, 0.25) is 5.78 Å². The molecule has 2 aromatic carbocycles. The van der Waals surface area contributed by atoms with Crippen LogP contribution in [0.4, 0.5) is 4.39 Å². The number of nitrogens with zero attached hydrogens (tertiary/aromatic N) is 1. The molecule has 2 aromatic rings. The number of hydrogen-bond acceptors (Lipinski definition) is 3. The number of Topliss-reactive ketones (excluding diaryl/α,β-unsaturated/α-hetero) is 1. The number of ether oxygens (including phenoxy) is 1. The molecule has 0 saturated carbocycles. The number of nitriles is 1. The van der Waals surface area contributed by atoms with E-state index < -0.39 is 11.6 Å². The number of allylic oxidation sites excluding steroid dienone is 1. The second-order valence-electron chi connectivity index (χ2n) is 4.22. The van der Waals surface area contributed by atoms with Gasteiger partial charge in [0.05, 0.1) is 12.7 Å². The summed E-state index contributed by atoms with van der Waals surface area (Å²) >= 11 is 0. The van der Waals surface area contributed by atoms with E-state index >= 15 is 0 Å². The molecule has 0 spiro atoms. The predicted molar refractivity (Wildman–Crippen MR) is 77.3 cm³/mol. The third-order valence-electron chi connectivity index (χ3n) is 2.92. The van der Waals surface area contributed by atoms with Crippen molar-refractivity contribution in [3.05, 3.63) is 71.0 Å². The number of carbonyl (C=O) groups is 1. The molecule has 0 atom stereocenters. The third-order valence-corrected chi connectivity index (χ3v) is 2.92. The Morgan fingerprint density at radius 3 is 2.52 bits per heavy atom. The van der Waals surface area contributed by atoms with Gasteiger partial charge in [0.25, 0.3) is 0 Å². The Morgan fingerprint density at radius 2 is 1.86 bits per heavy atom. The van der Waals surface area contributed by atoms with Gasteiger partial charge in [-0.2, -0.15) is 5.26 Å². The van der Waals surface area contributed by atoms with Gasteiger partial charge in [0.1, 0.15) is 23.2 Å². The van der Waals surface area contributed by atoms with Crippen LogP contribution in [0.3, 0.4) is 0 Å². The largest absolute Gasteiger partial charge is 0.496 e. The minimum Gasteiger partial charge on any atom is -0.496 e. The number of carbonyl (C=O) groups excluding carboxylic acids is 1. The van der Waals surface area contributed by atoms with E-state index in [1.807, 2.05) is 6.07 Å². The average Bonchev–Trinajstić information content (AvgIpc) is 2.52. The fraction of sp³-hybridized carbons (Fsp3) is 0.0588. The molecule has 0 N–H and O–H groups in total. The SMILES string of the molecule is COc1ccccc1/C=C(\C#N)C(=O)c1ccccc1F. The Hall–Kier alpha value is -2.93. The summed E-state index contributed by atoms with van der Waals surface area (Å²) in [6, 6.07) is 14.4. The average molecular weight is 281 g/mol. The standard InChI is InChI=1S/C17H12FNO2/c1-21-16-9-5-2-6-12(16)10-13(11-19)17(20)14-7-3-4-8-15(14)18/h2-10H,1H3/b13-10+. The summed E-state index contributed by atoms with van der Waals surface area (Å²) in [6.07, 6.45) is 1.40. The highest BCUT2D eigenvalue weighted by Gasteiger charge is 2.16. The molecule has 0 fully saturated rings. The van der Waals surface area contributed by atoms with E-state index in [1.165, 1.54) is 31.4 Å². The number of ketones is 1. The topological polar surface area (TPSA) is 50.1 Å². The van der Waals surface area contributed by atoms with Crippen molar-refractivity contribution in [3.63, 3.8) is 0 Å². The molecule has 0 aliphatic heterocycles. The van der Waals surface area contributed by atoms with Gasteiger partial charge in [0.15, 0.2) is 0 Å². The summed E-state index contributed by atoms with van der Waals surface area (Å²) < 4.78 is 18.8. The normalized spacial score (nSPS) is 10.8. The number of hydrogen-bond donors (Lipinski definition) is 0. The van der Waals surface area contributed by atoms with Crippen LogP contribution in [-0.4, -0.2) is 12.9 Å². The van der Waals surface area contributed by atoms with Gasteiger partial charge in [-0.05, 0) is 24.3 Å². The Labute approximate surface area is 121 Å². The summed E-state index contributed by atoms with van der Waals surface area (Å²) in [5.41, 5.74) is 0.311. The fourth-order valence-corrected chi connectivity index (χ4v) is 1.88. The first-order chi connectivity index (χ1) is 10.2. The zero-order valence-corrected chi connectivity index (χ0v) is 11.3. The van der Waals surface area contributed by atoms with Crippen LogP contribution in [0.1, 0.15) is 15.9 Å². The van der Waals surface area contributed by atoms with Gasteiger partial charge in [-0.25, -0.2) is 4.39 Å². The number of halogens is 1. The van der Waals surface area contributed by atoms with Crippen LogP contribution in [0.25, 0.3) is 6.08 Å². The van der Waals surface area contributed by atoms with Crippen molar-refractivity contribution in [1.82, 2.24) is 0 Å². The van der Waals surface area contributed by atoms with Crippen LogP contribution in [0, 0.1) is 17.1 Å². The molecule has 0 bridgehead atoms. The summed E-state index contributed by atoms with van der Waals surface area (Å²) in [7, 11) is 1.50. The molecule has 0 amide bonds. The maximum atomic E-state index is 13.6. The zero-order chi connectivity index (χ0) is 15.2. The van der Waals surface area contributed by atoms with Crippen molar-refractivity contribution >= 4 is 11.9 Å². The molecule has 0 radical (unpaired) electrons. The first-order valence-corrected chi connectivity index (χ1v) is 6.21. The zero-order valence-electron chi connectivity index (χ0n) is 11.3. The van der Waals surface area contributed by atoms with Crippen LogP contribution < -0.4 is 4.74 Å². The summed E-state index contributed by atoms with van der Waals surface area (Å²) in [6.45, 7) is 0. The quantitative estimate of drug-likeness (QED) is 0.488. The number of para-hydroxylation sites is 1. The Morgan fingerprint density at radius 1 is 1.19 bits per heavy atom. The van der Waals surface area contributed by atoms with Crippen molar-refractivity contribution in [1.29, 1.82) is 5.26 Å². The van der Waals surface area contributed by atoms with Crippen molar-refractivity contribution in [2.75, 3.05) is 7.11 Å². The van der Waals surface area contributed by atoms with Gasteiger partial charge >= 0.3 is 0 Å². The lowest BCUT2D eigenvalue weighted by Crippen LogP contribution is -2.04. The van der Waals surface area contributed by atoms with Crippen molar-refractivity contribution in [2.45, 2.75) is 0 Å². The Bertz CT molecular complexity index is 744. The molecule has 0 unspecified atom stereocenters. The third kappa shape index (κ3) is 3.15. The predicted octanol–water partition coefficient (Wildman–Crippen LogP) is 3.62. The minimum atomic E-state index is -0.651. The van der Waals surface area contributed by atoms with E-state index in [-0.39, 0.29) is 11.1 Å². The molecule has 0 aromatic heterocycles. The lowest BCUT2D eigenvalue weighted by Gasteiger charge is -2.05. The molecule has 4 heteroatoms. The van der Waals surface area contributed by atoms with Crippen LogP contribution >= 0.6 is 0 Å². The first-order valence-electron chi connectivity index (χ1n) is 6.21. The van der Waals surface area contributed by atoms with Gasteiger partial charge in [-0.1, -0.05) is 30.3 Å². The molecule has 2 rings (SSSR count). The number of benzene rings is 2. The smallest absolute Gasteiger partial charge is 0.206 e. The maximum Gasteiger partial charge on any atom is 0.206 e. The van der Waals surface area contributed by atoms with Crippen molar-refractivity contribution in [2.24, 2.45) is 0 Å². The van der Waals surface area contributed by atoms with Crippen LogP contribution in [0.2, 0.25) is 0 Å². The lowest BCUT2D eigenvalue weighted by atomic mass is 10.0. The second kappa shape index (κ2) is 6.49. The van der Waals surface area contributed by atoms with Crippen LogP contribution in [-0.2, 0) is 0 Å². The fourth-order valence-electron chi connectivity index (χ4n) is 1.88. The molecule has 3 nitrogen and oxygen atoms in total. The van der Waals surface area contributed by atoms with Gasteiger partial charge in [-0.3, -0.25) is 4.79 Å². The molecule has 0 heterocycles. The molecule has 0 saturated heterocycles. The molecule has 0 aliphatic rings. The highest BCUT2D eigenvalue weighted by atomic mass is 19.1. The molecule has 104 valence electrons. The van der Waals surface area contributed by atoms with E-state index in [9.17, 15) is 14.4 Å². The summed E-state index contributed by atoms with van der Waals surface area (Å²) in [5.74, 6) is -0.767. The van der Waals surface area contributed by atoms with Crippen LogP contribution in [0.5, 0.6) is 5.75 Å². The van der Waals surface area contributed by atoms with Crippen LogP contribution in [0.15, 0.2) is 54.1 Å². The van der Waals surface area contributed by atoms with Crippen molar-refractivity contribution in [3.8, 4) is 11.8 Å². The maximum absolute atomic E-state index is 13.6. The lowest BCUT2D eigenvalue weighted by molar-refractivity contribution is 0.103. The van der Waals surface area contributed by atoms with E-state index in [0.29, 0.717) is 11.3 Å². The number of rotatable bonds is 4. The number of methoxy groups -OCH3 is 1. The Balaban J connectivity index is 2.45. The molecule has 0 aliphatic carbocycles. The Kier molecular flexibility index (Phi) is 4.47. The van der Waals surface area contributed by atoms with Gasteiger partial charge in [-0.15, -0.1) is 0 Å². The molecular formula is C17H12FNO2. The highest BCUT2D eigenvalue weighted by Crippen LogP contribution is 2.22. The minimum absolute atomic E-state index is 0.125. The molecular weight excluding hydrogens is 269 g/mol.